The Balaban J connectivity index is 2.17. The van der Waals surface area contributed by atoms with Gasteiger partial charge in [0.15, 0.2) is 0 Å². The molecular weight excluding hydrogens is 202 g/mol. The zero-order valence-corrected chi connectivity index (χ0v) is 9.08. The van der Waals surface area contributed by atoms with Gasteiger partial charge in [0.2, 0.25) is 0 Å². The van der Waals surface area contributed by atoms with Crippen molar-refractivity contribution in [2.24, 2.45) is 4.99 Å². The van der Waals surface area contributed by atoms with Crippen LogP contribution in [0.2, 0.25) is 0 Å². The number of allylic oxidation sites excluding steroid dienone is 1. The summed E-state index contributed by atoms with van der Waals surface area (Å²) in [4.78, 5) is 12.7. The number of hydrogen-bond acceptors (Lipinski definition) is 4. The highest BCUT2D eigenvalue weighted by Crippen LogP contribution is 2.33. The lowest BCUT2D eigenvalue weighted by Gasteiger charge is -2.23. The van der Waals surface area contributed by atoms with E-state index >= 15 is 0 Å². The van der Waals surface area contributed by atoms with Gasteiger partial charge in [-0.15, -0.1) is 0 Å². The Hall–Kier alpha value is -1.55. The molecule has 0 radical (unpaired) electrons. The molecule has 0 fully saturated rings. The highest BCUT2D eigenvalue weighted by molar-refractivity contribution is 5.75. The molecule has 16 heavy (non-hydrogen) atoms. The molecule has 2 rings (SSSR count). The lowest BCUT2D eigenvalue weighted by molar-refractivity contribution is 0.278. The van der Waals surface area contributed by atoms with E-state index in [1.807, 2.05) is 12.1 Å². The number of aliphatic hydroxyl groups is 1. The Kier molecular flexibility index (Phi) is 3.41. The van der Waals surface area contributed by atoms with Crippen LogP contribution >= 0.6 is 0 Å². The average Bonchev–Trinajstić information content (AvgIpc) is 2.81. The Labute approximate surface area is 94.8 Å². The maximum Gasteiger partial charge on any atom is 0.121 e. The largest absolute Gasteiger partial charge is 0.396 e. The van der Waals surface area contributed by atoms with Gasteiger partial charge in [0.25, 0.3) is 0 Å². The van der Waals surface area contributed by atoms with Gasteiger partial charge in [-0.25, -0.2) is 9.97 Å². The Morgan fingerprint density at radius 1 is 1.31 bits per heavy atom. The Morgan fingerprint density at radius 2 is 2.25 bits per heavy atom. The molecule has 4 heteroatoms. The van der Waals surface area contributed by atoms with E-state index in [9.17, 15) is 0 Å². The van der Waals surface area contributed by atoms with E-state index in [1.165, 1.54) is 0 Å². The minimum atomic E-state index is -0.335. The predicted molar refractivity (Wildman–Crippen MR) is 62.3 cm³/mol. The fourth-order valence-corrected chi connectivity index (χ4v) is 1.90. The zero-order valence-electron chi connectivity index (χ0n) is 9.08. The molecule has 2 heterocycles. The summed E-state index contributed by atoms with van der Waals surface area (Å²) in [5.41, 5.74) is 0.586. The smallest absolute Gasteiger partial charge is 0.121 e. The molecule has 0 saturated heterocycles. The first-order valence-corrected chi connectivity index (χ1v) is 5.48. The first kappa shape index (κ1) is 11.0. The number of nitrogens with zero attached hydrogens (tertiary/aromatic N) is 3. The van der Waals surface area contributed by atoms with Crippen LogP contribution in [-0.2, 0) is 5.54 Å². The molecule has 1 atom stereocenters. The van der Waals surface area contributed by atoms with E-state index in [1.54, 1.807) is 18.7 Å². The van der Waals surface area contributed by atoms with Crippen molar-refractivity contribution < 1.29 is 5.11 Å². The van der Waals surface area contributed by atoms with Crippen LogP contribution in [0.1, 0.15) is 25.0 Å². The van der Waals surface area contributed by atoms with Gasteiger partial charge in [0.1, 0.15) is 11.9 Å². The molecule has 1 aromatic rings. The average molecular weight is 217 g/mol. The first-order chi connectivity index (χ1) is 7.87. The fourth-order valence-electron chi connectivity index (χ4n) is 1.90. The number of aliphatic imine (C=N–C) groups is 1. The van der Waals surface area contributed by atoms with Crippen LogP contribution in [-0.4, -0.2) is 27.9 Å². The maximum absolute atomic E-state index is 8.81. The van der Waals surface area contributed by atoms with E-state index < -0.39 is 0 Å². The second-order valence-corrected chi connectivity index (χ2v) is 3.84. The third-order valence-electron chi connectivity index (χ3n) is 2.75. The summed E-state index contributed by atoms with van der Waals surface area (Å²) in [6.07, 6.45) is 11.7. The van der Waals surface area contributed by atoms with Crippen molar-refractivity contribution in [3.63, 3.8) is 0 Å². The molecule has 0 bridgehead atoms. The minimum absolute atomic E-state index is 0.229. The third-order valence-corrected chi connectivity index (χ3v) is 2.75. The Morgan fingerprint density at radius 3 is 2.88 bits per heavy atom. The molecule has 1 aliphatic heterocycles. The van der Waals surface area contributed by atoms with Crippen LogP contribution in [0, 0.1) is 0 Å². The first-order valence-electron chi connectivity index (χ1n) is 5.48. The molecule has 1 aliphatic rings. The normalized spacial score (nSPS) is 22.8. The second kappa shape index (κ2) is 4.99. The molecule has 84 valence electrons. The van der Waals surface area contributed by atoms with Gasteiger partial charge in [0.05, 0.1) is 5.69 Å². The summed E-state index contributed by atoms with van der Waals surface area (Å²) >= 11 is 0. The highest BCUT2D eigenvalue weighted by atomic mass is 16.2. The van der Waals surface area contributed by atoms with Crippen LogP contribution in [0.5, 0.6) is 0 Å². The van der Waals surface area contributed by atoms with Crippen molar-refractivity contribution in [1.82, 2.24) is 9.97 Å². The van der Waals surface area contributed by atoms with E-state index in [0.717, 1.165) is 25.0 Å². The molecule has 1 unspecified atom stereocenters. The van der Waals surface area contributed by atoms with Gasteiger partial charge in [-0.1, -0.05) is 0 Å². The van der Waals surface area contributed by atoms with Crippen LogP contribution in [0.15, 0.2) is 35.7 Å². The molecule has 4 nitrogen and oxygen atoms in total. The van der Waals surface area contributed by atoms with Gasteiger partial charge < -0.3 is 5.11 Å². The van der Waals surface area contributed by atoms with Gasteiger partial charge in [-0.2, -0.15) is 0 Å². The van der Waals surface area contributed by atoms with E-state index in [4.69, 9.17) is 5.11 Å². The number of aliphatic hydroxyl groups excluding tert-OH is 1. The standard InChI is InChI=1S/C12H15N3O/c16-9-2-1-5-12(6-3-7-15-12)11-4-8-13-10-14-11/h3-4,6-8,10,16H,1-2,5,9H2. The van der Waals surface area contributed by atoms with Crippen LogP contribution in [0.3, 0.4) is 0 Å². The van der Waals surface area contributed by atoms with Crippen LogP contribution in [0.4, 0.5) is 0 Å². The summed E-state index contributed by atoms with van der Waals surface area (Å²) in [5, 5.41) is 8.81. The lowest BCUT2D eigenvalue weighted by Crippen LogP contribution is -2.20. The number of unbranched alkanes of at least 4 members (excludes halogenated alkanes) is 1. The van der Waals surface area contributed by atoms with E-state index in [-0.39, 0.29) is 12.1 Å². The predicted octanol–water partition coefficient (Wildman–Crippen LogP) is 1.48. The third kappa shape index (κ3) is 2.17. The van der Waals surface area contributed by atoms with Gasteiger partial charge in [0, 0.05) is 19.0 Å². The van der Waals surface area contributed by atoms with Gasteiger partial charge in [-0.05, 0) is 37.5 Å². The monoisotopic (exact) mass is 217 g/mol. The molecule has 0 aromatic carbocycles. The molecule has 0 amide bonds. The fraction of sp³-hybridized carbons (Fsp3) is 0.417. The second-order valence-electron chi connectivity index (χ2n) is 3.84. The van der Waals surface area contributed by atoms with Crippen molar-refractivity contribution in [1.29, 1.82) is 0 Å². The Bertz CT molecular complexity index is 375. The molecule has 0 saturated carbocycles. The number of rotatable bonds is 5. The zero-order chi connectivity index (χ0) is 11.3. The summed E-state index contributed by atoms with van der Waals surface area (Å²) in [7, 11) is 0. The van der Waals surface area contributed by atoms with Crippen molar-refractivity contribution >= 4 is 6.21 Å². The summed E-state index contributed by atoms with van der Waals surface area (Å²) < 4.78 is 0. The summed E-state index contributed by atoms with van der Waals surface area (Å²) in [6, 6.07) is 1.89. The quantitative estimate of drug-likeness (QED) is 0.760. The van der Waals surface area contributed by atoms with E-state index in [2.05, 4.69) is 21.0 Å². The maximum atomic E-state index is 8.81. The SMILES string of the molecule is OCCCCC1(c2ccncn2)C=CC=N1. The summed E-state index contributed by atoms with van der Waals surface area (Å²) in [6.45, 7) is 0.229. The number of hydrogen-bond donors (Lipinski definition) is 1. The topological polar surface area (TPSA) is 58.4 Å². The van der Waals surface area contributed by atoms with Crippen molar-refractivity contribution in [2.75, 3.05) is 6.61 Å². The van der Waals surface area contributed by atoms with Crippen molar-refractivity contribution in [3.8, 4) is 0 Å². The summed E-state index contributed by atoms with van der Waals surface area (Å²) in [5.74, 6) is 0. The lowest BCUT2D eigenvalue weighted by atomic mass is 9.90. The van der Waals surface area contributed by atoms with Gasteiger partial charge >= 0.3 is 0 Å². The van der Waals surface area contributed by atoms with Crippen LogP contribution in [0.25, 0.3) is 0 Å². The molecular formula is C12H15N3O. The van der Waals surface area contributed by atoms with Crippen molar-refractivity contribution in [2.45, 2.75) is 24.8 Å². The molecule has 1 aromatic heterocycles. The van der Waals surface area contributed by atoms with Crippen LogP contribution < -0.4 is 0 Å². The van der Waals surface area contributed by atoms with E-state index in [0.29, 0.717) is 0 Å². The molecule has 0 aliphatic carbocycles. The minimum Gasteiger partial charge on any atom is -0.396 e. The van der Waals surface area contributed by atoms with Gasteiger partial charge in [-0.3, -0.25) is 4.99 Å². The van der Waals surface area contributed by atoms with Crippen molar-refractivity contribution in [3.05, 3.63) is 36.4 Å². The number of aromatic nitrogens is 2. The molecule has 1 N–H and O–H groups in total. The molecule has 0 spiro atoms. The highest BCUT2D eigenvalue weighted by Gasteiger charge is 2.30.